The summed E-state index contributed by atoms with van der Waals surface area (Å²) in [7, 11) is 0. The zero-order chi connectivity index (χ0) is 15.5. The first-order valence-corrected chi connectivity index (χ1v) is 6.82. The van der Waals surface area contributed by atoms with Gasteiger partial charge >= 0.3 is 5.97 Å². The van der Waals surface area contributed by atoms with Crippen LogP contribution in [-0.4, -0.2) is 26.5 Å². The summed E-state index contributed by atoms with van der Waals surface area (Å²) in [6, 6.07) is 7.56. The van der Waals surface area contributed by atoms with Gasteiger partial charge in [-0.2, -0.15) is 5.10 Å². The Morgan fingerprint density at radius 1 is 1.24 bits per heavy atom. The summed E-state index contributed by atoms with van der Waals surface area (Å²) in [4.78, 5) is 11.7. The van der Waals surface area contributed by atoms with Gasteiger partial charge in [0.1, 0.15) is 12.1 Å². The van der Waals surface area contributed by atoms with Gasteiger partial charge in [0.25, 0.3) is 0 Å². The number of ether oxygens (including phenoxy) is 1. The molecule has 0 aliphatic carbocycles. The molecule has 5 heteroatoms. The second-order valence-corrected chi connectivity index (χ2v) is 5.87. The maximum atomic E-state index is 11.7. The fraction of sp³-hybridized carbons (Fsp3) is 0.375. The maximum Gasteiger partial charge on any atom is 0.328 e. The van der Waals surface area contributed by atoms with E-state index in [-0.39, 0.29) is 19.1 Å². The van der Waals surface area contributed by atoms with Crippen LogP contribution in [0, 0.1) is 0 Å². The molecule has 112 valence electrons. The van der Waals surface area contributed by atoms with E-state index in [4.69, 9.17) is 9.84 Å². The lowest BCUT2D eigenvalue weighted by molar-refractivity contribution is -0.155. The minimum absolute atomic E-state index is 0.0260. The van der Waals surface area contributed by atoms with E-state index < -0.39 is 5.60 Å². The number of esters is 1. The van der Waals surface area contributed by atoms with E-state index >= 15 is 0 Å². The molecule has 0 bridgehead atoms. The van der Waals surface area contributed by atoms with Crippen LogP contribution in [0.4, 0.5) is 0 Å². The van der Waals surface area contributed by atoms with Crippen LogP contribution in [0.2, 0.25) is 0 Å². The molecule has 0 saturated carbocycles. The number of rotatable bonds is 4. The first-order valence-electron chi connectivity index (χ1n) is 6.82. The van der Waals surface area contributed by atoms with Crippen LogP contribution in [0.1, 0.15) is 26.3 Å². The zero-order valence-corrected chi connectivity index (χ0v) is 12.5. The van der Waals surface area contributed by atoms with Crippen molar-refractivity contribution in [1.29, 1.82) is 0 Å². The van der Waals surface area contributed by atoms with Gasteiger partial charge in [-0.05, 0) is 31.9 Å². The van der Waals surface area contributed by atoms with Crippen molar-refractivity contribution >= 4 is 5.97 Å². The summed E-state index contributed by atoms with van der Waals surface area (Å²) < 4.78 is 6.82. The smallest absolute Gasteiger partial charge is 0.328 e. The molecule has 0 fully saturated rings. The minimum Gasteiger partial charge on any atom is -0.459 e. The SMILES string of the molecule is CC(C)(C)OC(=O)Cn1cc(-c2ccc(CO)cc2)cn1. The van der Waals surface area contributed by atoms with Crippen LogP contribution < -0.4 is 0 Å². The first-order chi connectivity index (χ1) is 9.87. The molecular weight excluding hydrogens is 268 g/mol. The summed E-state index contributed by atoms with van der Waals surface area (Å²) in [5.41, 5.74) is 2.28. The Bertz CT molecular complexity index is 609. The second kappa shape index (κ2) is 6.10. The molecule has 0 spiro atoms. The van der Waals surface area contributed by atoms with Gasteiger partial charge in [0, 0.05) is 11.8 Å². The molecule has 0 aliphatic heterocycles. The topological polar surface area (TPSA) is 64.3 Å². The highest BCUT2D eigenvalue weighted by molar-refractivity contribution is 5.70. The van der Waals surface area contributed by atoms with Gasteiger partial charge in [0.2, 0.25) is 0 Å². The van der Waals surface area contributed by atoms with Crippen LogP contribution in [-0.2, 0) is 22.7 Å². The Morgan fingerprint density at radius 3 is 2.48 bits per heavy atom. The molecule has 0 aliphatic rings. The van der Waals surface area contributed by atoms with Crippen LogP contribution in [0.3, 0.4) is 0 Å². The normalized spacial score (nSPS) is 11.4. The van der Waals surface area contributed by atoms with E-state index in [1.54, 1.807) is 17.1 Å². The average Bonchev–Trinajstić information content (AvgIpc) is 2.85. The molecule has 0 atom stereocenters. The van der Waals surface area contributed by atoms with Gasteiger partial charge in [-0.3, -0.25) is 9.48 Å². The lowest BCUT2D eigenvalue weighted by Crippen LogP contribution is -2.26. The standard InChI is InChI=1S/C16H20N2O3/c1-16(2,3)21-15(20)10-18-9-14(8-17-18)13-6-4-12(11-19)5-7-13/h4-9,19H,10-11H2,1-3H3. The number of benzene rings is 1. The number of nitrogens with zero attached hydrogens (tertiary/aromatic N) is 2. The van der Waals surface area contributed by atoms with Crippen molar-refractivity contribution in [1.82, 2.24) is 9.78 Å². The molecule has 1 aromatic heterocycles. The largest absolute Gasteiger partial charge is 0.459 e. The number of aromatic nitrogens is 2. The van der Waals surface area contributed by atoms with Crippen LogP contribution >= 0.6 is 0 Å². The van der Waals surface area contributed by atoms with Gasteiger partial charge < -0.3 is 9.84 Å². The molecule has 1 aromatic carbocycles. The third kappa shape index (κ3) is 4.43. The first kappa shape index (κ1) is 15.3. The fourth-order valence-electron chi connectivity index (χ4n) is 1.91. The zero-order valence-electron chi connectivity index (χ0n) is 12.5. The van der Waals surface area contributed by atoms with E-state index in [2.05, 4.69) is 5.10 Å². The number of hydrogen-bond donors (Lipinski definition) is 1. The molecule has 0 saturated heterocycles. The molecular formula is C16H20N2O3. The Morgan fingerprint density at radius 2 is 1.90 bits per heavy atom. The second-order valence-electron chi connectivity index (χ2n) is 5.87. The summed E-state index contributed by atoms with van der Waals surface area (Å²) in [6.45, 7) is 5.62. The van der Waals surface area contributed by atoms with E-state index in [1.165, 1.54) is 0 Å². The quantitative estimate of drug-likeness (QED) is 0.877. The minimum atomic E-state index is -0.493. The Labute approximate surface area is 124 Å². The Balaban J connectivity index is 2.05. The van der Waals surface area contributed by atoms with Crippen molar-refractivity contribution in [2.45, 2.75) is 39.5 Å². The van der Waals surface area contributed by atoms with E-state index in [1.807, 2.05) is 45.0 Å². The molecule has 1 N–H and O–H groups in total. The molecule has 2 aromatic rings. The molecule has 0 radical (unpaired) electrons. The highest BCUT2D eigenvalue weighted by Crippen LogP contribution is 2.19. The third-order valence-corrected chi connectivity index (χ3v) is 2.81. The van der Waals surface area contributed by atoms with Crippen LogP contribution in [0.25, 0.3) is 11.1 Å². The summed E-state index contributed by atoms with van der Waals surface area (Å²) >= 11 is 0. The van der Waals surface area contributed by atoms with E-state index in [0.29, 0.717) is 0 Å². The van der Waals surface area contributed by atoms with Crippen molar-refractivity contribution in [3.63, 3.8) is 0 Å². The summed E-state index contributed by atoms with van der Waals surface area (Å²) in [5, 5.41) is 13.2. The predicted molar refractivity (Wildman–Crippen MR) is 79.4 cm³/mol. The molecule has 0 amide bonds. The van der Waals surface area contributed by atoms with Crippen molar-refractivity contribution in [3.05, 3.63) is 42.2 Å². The van der Waals surface area contributed by atoms with E-state index in [0.717, 1.165) is 16.7 Å². The van der Waals surface area contributed by atoms with E-state index in [9.17, 15) is 4.79 Å². The molecule has 0 unspecified atom stereocenters. The molecule has 1 heterocycles. The number of hydrogen-bond acceptors (Lipinski definition) is 4. The van der Waals surface area contributed by atoms with Crippen molar-refractivity contribution in [3.8, 4) is 11.1 Å². The molecule has 21 heavy (non-hydrogen) atoms. The number of aliphatic hydroxyl groups excluding tert-OH is 1. The van der Waals surface area contributed by atoms with Gasteiger partial charge in [0.15, 0.2) is 0 Å². The van der Waals surface area contributed by atoms with Gasteiger partial charge in [-0.15, -0.1) is 0 Å². The lowest BCUT2D eigenvalue weighted by Gasteiger charge is -2.19. The highest BCUT2D eigenvalue weighted by atomic mass is 16.6. The van der Waals surface area contributed by atoms with Gasteiger partial charge in [-0.1, -0.05) is 24.3 Å². The monoisotopic (exact) mass is 288 g/mol. The molecule has 2 rings (SSSR count). The average molecular weight is 288 g/mol. The van der Waals surface area contributed by atoms with Crippen molar-refractivity contribution in [2.24, 2.45) is 0 Å². The molecule has 5 nitrogen and oxygen atoms in total. The van der Waals surface area contributed by atoms with Crippen LogP contribution in [0.15, 0.2) is 36.7 Å². The van der Waals surface area contributed by atoms with Crippen LogP contribution in [0.5, 0.6) is 0 Å². The van der Waals surface area contributed by atoms with Crippen molar-refractivity contribution in [2.75, 3.05) is 0 Å². The predicted octanol–water partition coefficient (Wildman–Crippen LogP) is 2.38. The third-order valence-electron chi connectivity index (χ3n) is 2.81. The number of aliphatic hydroxyl groups is 1. The van der Waals surface area contributed by atoms with Crippen molar-refractivity contribution < 1.29 is 14.6 Å². The Hall–Kier alpha value is -2.14. The van der Waals surface area contributed by atoms with Gasteiger partial charge in [-0.25, -0.2) is 0 Å². The maximum absolute atomic E-state index is 11.7. The fourth-order valence-corrected chi connectivity index (χ4v) is 1.91. The summed E-state index contributed by atoms with van der Waals surface area (Å²) in [6.07, 6.45) is 3.51. The highest BCUT2D eigenvalue weighted by Gasteiger charge is 2.16. The Kier molecular flexibility index (Phi) is 4.43. The summed E-state index contributed by atoms with van der Waals surface area (Å²) in [5.74, 6) is -0.312. The number of carbonyl (C=O) groups is 1. The lowest BCUT2D eigenvalue weighted by atomic mass is 10.1. The van der Waals surface area contributed by atoms with Gasteiger partial charge in [0.05, 0.1) is 12.8 Å². The number of carbonyl (C=O) groups excluding carboxylic acids is 1.